The molecule has 0 aliphatic heterocycles. The molecule has 2 aromatic rings. The molecule has 0 saturated heterocycles. The molecule has 1 aliphatic carbocycles. The number of H-pyrrole nitrogens is 1. The van der Waals surface area contributed by atoms with Crippen LogP contribution in [0.15, 0.2) is 18.2 Å². The van der Waals surface area contributed by atoms with Crippen LogP contribution in [0.5, 0.6) is 5.75 Å². The molecule has 1 unspecified atom stereocenters. The highest BCUT2D eigenvalue weighted by molar-refractivity contribution is 5.91. The van der Waals surface area contributed by atoms with Crippen molar-refractivity contribution < 1.29 is 9.53 Å². The number of rotatable bonds is 6. The van der Waals surface area contributed by atoms with E-state index in [4.69, 9.17) is 4.74 Å². The van der Waals surface area contributed by atoms with Crippen LogP contribution < -0.4 is 4.74 Å². The predicted molar refractivity (Wildman–Crippen MR) is 88.9 cm³/mol. The van der Waals surface area contributed by atoms with Crippen LogP contribution >= 0.6 is 0 Å². The van der Waals surface area contributed by atoms with Gasteiger partial charge in [-0.3, -0.25) is 4.79 Å². The molecule has 0 spiro atoms. The number of likely N-dealkylation sites (N-methyl/N-ethyl adjacent to an activating group) is 1. The number of aromatic nitrogens is 4. The average Bonchev–Trinajstić information content (AvgIpc) is 3.19. The number of benzene rings is 1. The molecular formula is C17H23N5O2. The van der Waals surface area contributed by atoms with Gasteiger partial charge in [-0.1, -0.05) is 24.3 Å². The zero-order valence-corrected chi connectivity index (χ0v) is 14.5. The second kappa shape index (κ2) is 6.22. The Hall–Kier alpha value is -2.44. The molecule has 1 amide bonds. The van der Waals surface area contributed by atoms with E-state index in [-0.39, 0.29) is 11.8 Å². The minimum Gasteiger partial charge on any atom is -0.496 e. The Morgan fingerprint density at radius 1 is 1.46 bits per heavy atom. The topological polar surface area (TPSA) is 84.0 Å². The van der Waals surface area contributed by atoms with Crippen LogP contribution in [0.2, 0.25) is 0 Å². The quantitative estimate of drug-likeness (QED) is 0.874. The number of aryl methyl sites for hydroxylation is 1. The summed E-state index contributed by atoms with van der Waals surface area (Å²) < 4.78 is 5.41. The van der Waals surface area contributed by atoms with Crippen LogP contribution in [0.25, 0.3) is 0 Å². The highest BCUT2D eigenvalue weighted by Gasteiger charge is 2.52. The van der Waals surface area contributed by atoms with Crippen LogP contribution in [0, 0.1) is 6.92 Å². The molecular weight excluding hydrogens is 306 g/mol. The van der Waals surface area contributed by atoms with Crippen LogP contribution in [-0.4, -0.2) is 52.1 Å². The third kappa shape index (κ3) is 2.86. The Morgan fingerprint density at radius 2 is 2.21 bits per heavy atom. The van der Waals surface area contributed by atoms with Crippen molar-refractivity contribution in [3.8, 4) is 5.75 Å². The second-order valence-electron chi connectivity index (χ2n) is 6.62. The summed E-state index contributed by atoms with van der Waals surface area (Å²) in [5, 5.41) is 14.0. The van der Waals surface area contributed by atoms with Gasteiger partial charge < -0.3 is 9.64 Å². The van der Waals surface area contributed by atoms with Gasteiger partial charge in [0.25, 0.3) is 0 Å². The Balaban J connectivity index is 1.76. The number of hydrogen-bond donors (Lipinski definition) is 1. The number of aromatic amines is 1. The number of carbonyl (C=O) groups is 1. The van der Waals surface area contributed by atoms with Crippen LogP contribution in [0.3, 0.4) is 0 Å². The van der Waals surface area contributed by atoms with Gasteiger partial charge in [0.2, 0.25) is 5.91 Å². The van der Waals surface area contributed by atoms with Crippen molar-refractivity contribution in [1.82, 2.24) is 25.5 Å². The fourth-order valence-corrected chi connectivity index (χ4v) is 3.19. The SMILES string of the molecule is COc1cc(C2(C(=O)N(C)CC(C)c3nn[nH]n3)CC2)ccc1C. The Kier molecular flexibility index (Phi) is 4.26. The maximum atomic E-state index is 13.0. The van der Waals surface area contributed by atoms with Crippen molar-refractivity contribution in [2.75, 3.05) is 20.7 Å². The first-order valence-corrected chi connectivity index (χ1v) is 8.12. The van der Waals surface area contributed by atoms with E-state index in [0.717, 1.165) is 29.7 Å². The Morgan fingerprint density at radius 3 is 2.79 bits per heavy atom. The maximum Gasteiger partial charge on any atom is 0.232 e. The summed E-state index contributed by atoms with van der Waals surface area (Å²) in [6.07, 6.45) is 1.75. The molecule has 1 N–H and O–H groups in total. The van der Waals surface area contributed by atoms with Crippen molar-refractivity contribution >= 4 is 5.91 Å². The van der Waals surface area contributed by atoms with Crippen LogP contribution in [-0.2, 0) is 10.2 Å². The zero-order chi connectivity index (χ0) is 17.3. The summed E-state index contributed by atoms with van der Waals surface area (Å²) in [5.41, 5.74) is 1.70. The summed E-state index contributed by atoms with van der Waals surface area (Å²) in [6, 6.07) is 6.05. The van der Waals surface area contributed by atoms with E-state index in [0.29, 0.717) is 12.4 Å². The van der Waals surface area contributed by atoms with Gasteiger partial charge in [-0.25, -0.2) is 0 Å². The van der Waals surface area contributed by atoms with Crippen LogP contribution in [0.1, 0.15) is 42.6 Å². The number of methoxy groups -OCH3 is 1. The Bertz CT molecular complexity index is 725. The molecule has 1 aliphatic rings. The van der Waals surface area contributed by atoms with Gasteiger partial charge in [-0.2, -0.15) is 5.21 Å². The van der Waals surface area contributed by atoms with E-state index in [1.165, 1.54) is 0 Å². The number of nitrogens with zero attached hydrogens (tertiary/aromatic N) is 4. The van der Waals surface area contributed by atoms with E-state index < -0.39 is 5.41 Å². The third-order valence-corrected chi connectivity index (χ3v) is 4.82. The van der Waals surface area contributed by atoms with Crippen LogP contribution in [0.4, 0.5) is 0 Å². The maximum absolute atomic E-state index is 13.0. The highest BCUT2D eigenvalue weighted by atomic mass is 16.5. The summed E-state index contributed by atoms with van der Waals surface area (Å²) in [5.74, 6) is 1.62. The van der Waals surface area contributed by atoms with Crippen molar-refractivity contribution in [3.63, 3.8) is 0 Å². The molecule has 1 saturated carbocycles. The largest absolute Gasteiger partial charge is 0.496 e. The second-order valence-corrected chi connectivity index (χ2v) is 6.62. The Labute approximate surface area is 141 Å². The summed E-state index contributed by atoms with van der Waals surface area (Å²) in [7, 11) is 3.50. The lowest BCUT2D eigenvalue weighted by molar-refractivity contribution is -0.132. The normalized spacial score (nSPS) is 16.5. The molecule has 24 heavy (non-hydrogen) atoms. The molecule has 128 valence electrons. The van der Waals surface area contributed by atoms with E-state index in [9.17, 15) is 4.79 Å². The monoisotopic (exact) mass is 329 g/mol. The lowest BCUT2D eigenvalue weighted by Gasteiger charge is -2.26. The minimum absolute atomic E-state index is 0.0288. The fraction of sp³-hybridized carbons (Fsp3) is 0.529. The van der Waals surface area contributed by atoms with Gasteiger partial charge in [0.15, 0.2) is 5.82 Å². The lowest BCUT2D eigenvalue weighted by Crippen LogP contribution is -2.38. The summed E-state index contributed by atoms with van der Waals surface area (Å²) >= 11 is 0. The van der Waals surface area contributed by atoms with Gasteiger partial charge in [-0.15, -0.1) is 10.2 Å². The average molecular weight is 329 g/mol. The smallest absolute Gasteiger partial charge is 0.232 e. The number of nitrogens with one attached hydrogen (secondary N) is 1. The van der Waals surface area contributed by atoms with Gasteiger partial charge in [0.05, 0.1) is 12.5 Å². The molecule has 7 nitrogen and oxygen atoms in total. The molecule has 7 heteroatoms. The van der Waals surface area contributed by atoms with Crippen molar-refractivity contribution in [3.05, 3.63) is 35.2 Å². The molecule has 1 heterocycles. The molecule has 1 aromatic heterocycles. The van der Waals surface area contributed by atoms with E-state index >= 15 is 0 Å². The van der Waals surface area contributed by atoms with Crippen molar-refractivity contribution in [2.24, 2.45) is 0 Å². The number of carbonyl (C=O) groups excluding carboxylic acids is 1. The lowest BCUT2D eigenvalue weighted by atomic mass is 9.93. The van der Waals surface area contributed by atoms with Gasteiger partial charge in [-0.05, 0) is 37.0 Å². The number of amides is 1. The molecule has 1 atom stereocenters. The number of ether oxygens (including phenoxy) is 1. The number of tetrazole rings is 1. The predicted octanol–water partition coefficient (Wildman–Crippen LogP) is 1.81. The minimum atomic E-state index is -0.410. The first kappa shape index (κ1) is 16.4. The van der Waals surface area contributed by atoms with Gasteiger partial charge in [0.1, 0.15) is 5.75 Å². The number of hydrogen-bond acceptors (Lipinski definition) is 5. The summed E-state index contributed by atoms with van der Waals surface area (Å²) in [6.45, 7) is 4.55. The third-order valence-electron chi connectivity index (χ3n) is 4.82. The molecule has 1 fully saturated rings. The van der Waals surface area contributed by atoms with Crippen molar-refractivity contribution in [2.45, 2.75) is 38.0 Å². The van der Waals surface area contributed by atoms with Crippen molar-refractivity contribution in [1.29, 1.82) is 0 Å². The van der Waals surface area contributed by atoms with Gasteiger partial charge >= 0.3 is 0 Å². The molecule has 1 aromatic carbocycles. The first-order chi connectivity index (χ1) is 11.5. The van der Waals surface area contributed by atoms with E-state index in [1.807, 2.05) is 39.1 Å². The standard InChI is InChI=1S/C17H23N5O2/c1-11-5-6-13(9-14(11)24-4)17(7-8-17)16(23)22(3)10-12(2)15-18-20-21-19-15/h5-6,9,12H,7-8,10H2,1-4H3,(H,18,19,20,21). The molecule has 3 rings (SSSR count). The molecule has 0 bridgehead atoms. The van der Waals surface area contributed by atoms with E-state index in [1.54, 1.807) is 12.0 Å². The summed E-state index contributed by atoms with van der Waals surface area (Å²) in [4.78, 5) is 14.8. The first-order valence-electron chi connectivity index (χ1n) is 8.12. The molecule has 0 radical (unpaired) electrons. The highest BCUT2D eigenvalue weighted by Crippen LogP contribution is 2.50. The van der Waals surface area contributed by atoms with E-state index in [2.05, 4.69) is 20.6 Å². The zero-order valence-electron chi connectivity index (χ0n) is 14.5. The van der Waals surface area contributed by atoms with Gasteiger partial charge in [0, 0.05) is 19.5 Å². The fourth-order valence-electron chi connectivity index (χ4n) is 3.19.